The first kappa shape index (κ1) is 21.9. The summed E-state index contributed by atoms with van der Waals surface area (Å²) in [5.74, 6) is 1.95. The zero-order valence-electron chi connectivity index (χ0n) is 17.7. The summed E-state index contributed by atoms with van der Waals surface area (Å²) in [6, 6.07) is 25.8. The summed E-state index contributed by atoms with van der Waals surface area (Å²) in [4.78, 5) is 0. The van der Waals surface area contributed by atoms with Crippen molar-refractivity contribution in [2.75, 3.05) is 19.5 Å². The summed E-state index contributed by atoms with van der Waals surface area (Å²) >= 11 is 1.40. The predicted octanol–water partition coefficient (Wildman–Crippen LogP) is 3.93. The lowest BCUT2D eigenvalue weighted by Gasteiger charge is -2.12. The van der Waals surface area contributed by atoms with Crippen LogP contribution in [0.15, 0.2) is 84.0 Å². The Morgan fingerprint density at radius 2 is 1.59 bits per heavy atom. The minimum Gasteiger partial charge on any atom is -0.497 e. The Hall–Kier alpha value is -3.36. The van der Waals surface area contributed by atoms with Gasteiger partial charge in [0.25, 0.3) is 0 Å². The highest BCUT2D eigenvalue weighted by Gasteiger charge is 2.12. The van der Waals surface area contributed by atoms with Crippen LogP contribution in [0.5, 0.6) is 11.5 Å². The molecule has 0 bridgehead atoms. The molecule has 0 saturated carbocycles. The number of aliphatic hydroxyl groups excluding tert-OH is 1. The van der Waals surface area contributed by atoms with E-state index in [9.17, 15) is 5.11 Å². The Kier molecular flexibility index (Phi) is 7.37. The number of benzene rings is 3. The molecule has 1 atom stereocenters. The van der Waals surface area contributed by atoms with E-state index in [0.29, 0.717) is 17.5 Å². The molecule has 164 valence electrons. The molecule has 1 aromatic heterocycles. The molecule has 0 fully saturated rings. The van der Waals surface area contributed by atoms with Crippen LogP contribution >= 0.6 is 11.8 Å². The molecule has 1 heterocycles. The van der Waals surface area contributed by atoms with Gasteiger partial charge in [0, 0.05) is 5.75 Å². The van der Waals surface area contributed by atoms with Crippen LogP contribution in [0.3, 0.4) is 0 Å². The van der Waals surface area contributed by atoms with E-state index < -0.39 is 6.10 Å². The van der Waals surface area contributed by atoms with Crippen LogP contribution in [0.4, 0.5) is 0 Å². The zero-order chi connectivity index (χ0) is 22.2. The summed E-state index contributed by atoms with van der Waals surface area (Å²) in [6.07, 6.45) is -0.653. The van der Waals surface area contributed by atoms with Crippen molar-refractivity contribution in [1.82, 2.24) is 20.2 Å². The lowest BCUT2D eigenvalue weighted by molar-refractivity contribution is 0.126. The van der Waals surface area contributed by atoms with Crippen LogP contribution < -0.4 is 9.47 Å². The highest BCUT2D eigenvalue weighted by molar-refractivity contribution is 7.99. The number of hydrogen-bond acceptors (Lipinski definition) is 7. The van der Waals surface area contributed by atoms with Crippen LogP contribution in [-0.2, 0) is 6.54 Å². The Bertz CT molecular complexity index is 1100. The summed E-state index contributed by atoms with van der Waals surface area (Å²) in [6.45, 7) is 0.734. The van der Waals surface area contributed by atoms with Crippen LogP contribution in [0.25, 0.3) is 11.1 Å². The zero-order valence-corrected chi connectivity index (χ0v) is 18.5. The van der Waals surface area contributed by atoms with Crippen LogP contribution in [0.2, 0.25) is 0 Å². The van der Waals surface area contributed by atoms with E-state index in [0.717, 1.165) is 28.2 Å². The van der Waals surface area contributed by atoms with E-state index >= 15 is 0 Å². The molecule has 0 aliphatic carbocycles. The van der Waals surface area contributed by atoms with E-state index in [1.807, 2.05) is 66.7 Å². The largest absolute Gasteiger partial charge is 0.497 e. The molecule has 3 aromatic carbocycles. The number of rotatable bonds is 10. The molecular formula is C24H24N4O3S. The van der Waals surface area contributed by atoms with E-state index in [2.05, 4.69) is 27.7 Å². The molecule has 8 heteroatoms. The second kappa shape index (κ2) is 10.8. The molecule has 7 nitrogen and oxygen atoms in total. The van der Waals surface area contributed by atoms with Crippen molar-refractivity contribution in [3.63, 3.8) is 0 Å². The molecule has 4 rings (SSSR count). The summed E-state index contributed by atoms with van der Waals surface area (Å²) in [5, 5.41) is 22.9. The van der Waals surface area contributed by atoms with Crippen molar-refractivity contribution in [3.05, 3.63) is 84.4 Å². The summed E-state index contributed by atoms with van der Waals surface area (Å²) < 4.78 is 12.6. The molecule has 0 aliphatic heterocycles. The van der Waals surface area contributed by atoms with Gasteiger partial charge in [0.2, 0.25) is 5.16 Å². The van der Waals surface area contributed by atoms with Crippen LogP contribution in [0, 0.1) is 0 Å². The highest BCUT2D eigenvalue weighted by atomic mass is 32.2. The molecule has 1 unspecified atom stereocenters. The lowest BCUT2D eigenvalue weighted by Crippen LogP contribution is -2.20. The van der Waals surface area contributed by atoms with Gasteiger partial charge in [-0.1, -0.05) is 66.4 Å². The van der Waals surface area contributed by atoms with Crippen molar-refractivity contribution in [3.8, 4) is 22.6 Å². The number of ether oxygens (including phenoxy) is 2. The number of hydrogen-bond donors (Lipinski definition) is 1. The highest BCUT2D eigenvalue weighted by Crippen LogP contribution is 2.23. The van der Waals surface area contributed by atoms with Gasteiger partial charge in [-0.05, 0) is 51.4 Å². The number of thioether (sulfide) groups is 1. The van der Waals surface area contributed by atoms with Crippen LogP contribution in [-0.4, -0.2) is 50.9 Å². The Morgan fingerprint density at radius 3 is 2.31 bits per heavy atom. The Morgan fingerprint density at radius 1 is 0.906 bits per heavy atom. The number of methoxy groups -OCH3 is 1. The standard InChI is InChI=1S/C24H24N4O3S/c1-30-22-11-7-18(8-12-22)15-28-24(25-26-27-28)32-17-21(29)16-31-23-13-9-20(10-14-23)19-5-3-2-4-6-19/h2-14,21,29H,15-17H2,1H3. The first-order valence-corrected chi connectivity index (χ1v) is 11.2. The SMILES string of the molecule is COc1ccc(Cn2nnnc2SCC(O)COc2ccc(-c3ccccc3)cc2)cc1. The Balaban J connectivity index is 1.25. The average Bonchev–Trinajstić information content (AvgIpc) is 3.29. The minimum absolute atomic E-state index is 0.192. The van der Waals surface area contributed by atoms with Crippen molar-refractivity contribution in [2.24, 2.45) is 0 Å². The van der Waals surface area contributed by atoms with Crippen molar-refractivity contribution in [2.45, 2.75) is 17.8 Å². The van der Waals surface area contributed by atoms with Crippen molar-refractivity contribution in [1.29, 1.82) is 0 Å². The van der Waals surface area contributed by atoms with Gasteiger partial charge in [-0.3, -0.25) is 0 Å². The topological polar surface area (TPSA) is 82.3 Å². The number of aliphatic hydroxyl groups is 1. The van der Waals surface area contributed by atoms with E-state index in [-0.39, 0.29) is 6.61 Å². The van der Waals surface area contributed by atoms with Gasteiger partial charge in [-0.15, -0.1) is 5.10 Å². The molecule has 0 aliphatic rings. The molecule has 0 amide bonds. The van der Waals surface area contributed by atoms with Gasteiger partial charge in [-0.2, -0.15) is 0 Å². The average molecular weight is 449 g/mol. The van der Waals surface area contributed by atoms with Crippen LogP contribution in [0.1, 0.15) is 5.56 Å². The van der Waals surface area contributed by atoms with Gasteiger partial charge in [-0.25, -0.2) is 4.68 Å². The quantitative estimate of drug-likeness (QED) is 0.368. The smallest absolute Gasteiger partial charge is 0.209 e. The second-order valence-electron chi connectivity index (χ2n) is 7.13. The fourth-order valence-corrected chi connectivity index (χ4v) is 3.87. The van der Waals surface area contributed by atoms with Gasteiger partial charge in [0.15, 0.2) is 0 Å². The van der Waals surface area contributed by atoms with E-state index in [4.69, 9.17) is 9.47 Å². The third-order valence-corrected chi connectivity index (χ3v) is 5.90. The third kappa shape index (κ3) is 5.87. The number of aromatic nitrogens is 4. The third-order valence-electron chi connectivity index (χ3n) is 4.80. The molecule has 0 radical (unpaired) electrons. The number of nitrogens with zero attached hydrogens (tertiary/aromatic N) is 4. The fraction of sp³-hybridized carbons (Fsp3) is 0.208. The molecular weight excluding hydrogens is 424 g/mol. The maximum Gasteiger partial charge on any atom is 0.209 e. The molecule has 1 N–H and O–H groups in total. The predicted molar refractivity (Wildman–Crippen MR) is 124 cm³/mol. The van der Waals surface area contributed by atoms with Crippen molar-refractivity contribution < 1.29 is 14.6 Å². The number of tetrazole rings is 1. The first-order chi connectivity index (χ1) is 15.7. The summed E-state index contributed by atoms with van der Waals surface area (Å²) in [7, 11) is 1.64. The second-order valence-corrected chi connectivity index (χ2v) is 8.12. The van der Waals surface area contributed by atoms with Gasteiger partial charge in [0.05, 0.1) is 19.8 Å². The van der Waals surface area contributed by atoms with Gasteiger partial charge in [0.1, 0.15) is 18.1 Å². The fourth-order valence-electron chi connectivity index (χ4n) is 3.09. The summed E-state index contributed by atoms with van der Waals surface area (Å²) in [5.41, 5.74) is 3.34. The lowest BCUT2D eigenvalue weighted by atomic mass is 10.1. The molecule has 0 spiro atoms. The first-order valence-electron chi connectivity index (χ1n) is 10.2. The maximum absolute atomic E-state index is 10.3. The normalized spacial score (nSPS) is 11.8. The van der Waals surface area contributed by atoms with Gasteiger partial charge >= 0.3 is 0 Å². The molecule has 0 saturated heterocycles. The Labute approximate surface area is 191 Å². The minimum atomic E-state index is -0.653. The monoisotopic (exact) mass is 448 g/mol. The van der Waals surface area contributed by atoms with Crippen molar-refractivity contribution >= 4 is 11.8 Å². The molecule has 32 heavy (non-hydrogen) atoms. The maximum atomic E-state index is 10.3. The molecule has 4 aromatic rings. The van der Waals surface area contributed by atoms with E-state index in [1.165, 1.54) is 11.8 Å². The van der Waals surface area contributed by atoms with E-state index in [1.54, 1.807) is 11.8 Å². The van der Waals surface area contributed by atoms with Gasteiger partial charge < -0.3 is 14.6 Å².